The molecule has 0 unspecified atom stereocenters. The van der Waals surface area contributed by atoms with Crippen LogP contribution in [0, 0.1) is 6.92 Å². The zero-order valence-corrected chi connectivity index (χ0v) is 23.1. The van der Waals surface area contributed by atoms with Crippen molar-refractivity contribution in [2.45, 2.75) is 25.9 Å². The lowest BCUT2D eigenvalue weighted by atomic mass is 10.0. The van der Waals surface area contributed by atoms with Crippen molar-refractivity contribution in [1.82, 2.24) is 10.2 Å². The van der Waals surface area contributed by atoms with Crippen LogP contribution in [0.4, 0.5) is 5.69 Å². The van der Waals surface area contributed by atoms with Crippen molar-refractivity contribution >= 4 is 50.7 Å². The summed E-state index contributed by atoms with van der Waals surface area (Å²) in [5.74, 6) is -0.912. The average molecular weight is 563 g/mol. The molecule has 0 aliphatic rings. The van der Waals surface area contributed by atoms with Gasteiger partial charge >= 0.3 is 0 Å². The van der Waals surface area contributed by atoms with Gasteiger partial charge in [0, 0.05) is 25.0 Å². The van der Waals surface area contributed by atoms with Crippen LogP contribution in [0.2, 0.25) is 10.0 Å². The number of amides is 2. The fourth-order valence-corrected chi connectivity index (χ4v) is 5.39. The number of hydrogen-bond donors (Lipinski definition) is 1. The molecule has 0 fully saturated rings. The zero-order valence-electron chi connectivity index (χ0n) is 20.8. The smallest absolute Gasteiger partial charge is 0.244 e. The van der Waals surface area contributed by atoms with Gasteiger partial charge < -0.3 is 10.2 Å². The number of benzene rings is 3. The Balaban J connectivity index is 2.06. The number of nitrogens with one attached hydrogen (secondary N) is 1. The van der Waals surface area contributed by atoms with Gasteiger partial charge in [-0.15, -0.1) is 0 Å². The Morgan fingerprint density at radius 1 is 0.973 bits per heavy atom. The zero-order chi connectivity index (χ0) is 27.2. The van der Waals surface area contributed by atoms with Crippen molar-refractivity contribution < 1.29 is 18.0 Å². The lowest BCUT2D eigenvalue weighted by Gasteiger charge is -2.33. The quantitative estimate of drug-likeness (QED) is 0.396. The van der Waals surface area contributed by atoms with Crippen LogP contribution < -0.4 is 9.62 Å². The van der Waals surface area contributed by atoms with Crippen molar-refractivity contribution in [3.05, 3.63) is 99.5 Å². The van der Waals surface area contributed by atoms with E-state index in [1.807, 2.05) is 61.5 Å². The first kappa shape index (κ1) is 28.5. The molecular formula is C27H29Cl2N3O4S. The number of carbonyl (C=O) groups is 2. The highest BCUT2D eigenvalue weighted by Crippen LogP contribution is 2.30. The minimum absolute atomic E-state index is 0.0864. The summed E-state index contributed by atoms with van der Waals surface area (Å²) in [4.78, 5) is 28.4. The van der Waals surface area contributed by atoms with Crippen molar-refractivity contribution in [3.63, 3.8) is 0 Å². The summed E-state index contributed by atoms with van der Waals surface area (Å²) in [5.41, 5.74) is 2.77. The first-order valence-corrected chi connectivity index (χ1v) is 14.1. The molecule has 0 radical (unpaired) electrons. The van der Waals surface area contributed by atoms with E-state index < -0.39 is 28.5 Å². The molecule has 0 saturated carbocycles. The molecular weight excluding hydrogens is 533 g/mol. The topological polar surface area (TPSA) is 86.8 Å². The molecule has 0 aliphatic carbocycles. The third-order valence-electron chi connectivity index (χ3n) is 5.98. The minimum atomic E-state index is -3.92. The molecule has 196 valence electrons. The molecule has 3 aromatic rings. The van der Waals surface area contributed by atoms with Gasteiger partial charge in [-0.3, -0.25) is 13.9 Å². The molecule has 0 aromatic heterocycles. The van der Waals surface area contributed by atoms with Crippen molar-refractivity contribution in [3.8, 4) is 0 Å². The molecule has 7 nitrogen and oxygen atoms in total. The van der Waals surface area contributed by atoms with Crippen LogP contribution in [-0.2, 0) is 32.6 Å². The number of sulfonamides is 1. The van der Waals surface area contributed by atoms with Crippen LogP contribution in [0.3, 0.4) is 0 Å². The predicted octanol–water partition coefficient (Wildman–Crippen LogP) is 4.45. The molecule has 37 heavy (non-hydrogen) atoms. The third-order valence-corrected chi connectivity index (χ3v) is 7.64. The second kappa shape index (κ2) is 12.4. The van der Waals surface area contributed by atoms with E-state index in [1.54, 1.807) is 0 Å². The predicted molar refractivity (Wildman–Crippen MR) is 148 cm³/mol. The van der Waals surface area contributed by atoms with Crippen molar-refractivity contribution in [2.75, 3.05) is 24.2 Å². The number of nitrogens with zero attached hydrogens (tertiary/aromatic N) is 2. The maximum atomic E-state index is 13.9. The van der Waals surface area contributed by atoms with E-state index in [0.29, 0.717) is 5.02 Å². The Morgan fingerprint density at radius 3 is 2.22 bits per heavy atom. The van der Waals surface area contributed by atoms with Crippen LogP contribution in [0.1, 0.15) is 16.7 Å². The van der Waals surface area contributed by atoms with Gasteiger partial charge in [0.1, 0.15) is 12.6 Å². The van der Waals surface area contributed by atoms with Gasteiger partial charge in [0.15, 0.2) is 0 Å². The Morgan fingerprint density at radius 2 is 1.62 bits per heavy atom. The van der Waals surface area contributed by atoms with Crippen LogP contribution in [0.15, 0.2) is 72.8 Å². The maximum Gasteiger partial charge on any atom is 0.244 e. The van der Waals surface area contributed by atoms with Crippen molar-refractivity contribution in [1.29, 1.82) is 0 Å². The first-order chi connectivity index (χ1) is 17.5. The van der Waals surface area contributed by atoms with E-state index in [2.05, 4.69) is 5.32 Å². The number of likely N-dealkylation sites (N-methyl/N-ethyl adjacent to an activating group) is 1. The second-order valence-corrected chi connectivity index (χ2v) is 11.4. The van der Waals surface area contributed by atoms with E-state index in [0.717, 1.165) is 27.3 Å². The summed E-state index contributed by atoms with van der Waals surface area (Å²) in [6.45, 7) is 1.48. The summed E-state index contributed by atoms with van der Waals surface area (Å²) < 4.78 is 26.5. The highest BCUT2D eigenvalue weighted by Gasteiger charge is 2.33. The van der Waals surface area contributed by atoms with Crippen LogP contribution in [0.25, 0.3) is 0 Å². The molecule has 0 saturated heterocycles. The molecule has 0 spiro atoms. The summed E-state index contributed by atoms with van der Waals surface area (Å²) in [7, 11) is -2.41. The summed E-state index contributed by atoms with van der Waals surface area (Å²) in [5, 5.41) is 3.07. The Bertz CT molecular complexity index is 1370. The summed E-state index contributed by atoms with van der Waals surface area (Å²) in [6, 6.07) is 20.4. The monoisotopic (exact) mass is 561 g/mol. The van der Waals surface area contributed by atoms with E-state index in [-0.39, 0.29) is 29.6 Å². The summed E-state index contributed by atoms with van der Waals surface area (Å²) in [6.07, 6.45) is 1.25. The average Bonchev–Trinajstić information content (AvgIpc) is 2.85. The molecule has 0 heterocycles. The lowest BCUT2D eigenvalue weighted by Crippen LogP contribution is -2.53. The Hall–Kier alpha value is -3.07. The van der Waals surface area contributed by atoms with Gasteiger partial charge in [0.05, 0.1) is 17.0 Å². The molecule has 3 rings (SSSR count). The van der Waals surface area contributed by atoms with Gasteiger partial charge in [0.2, 0.25) is 21.8 Å². The first-order valence-electron chi connectivity index (χ1n) is 11.5. The Labute approximate surface area is 228 Å². The van der Waals surface area contributed by atoms with Gasteiger partial charge in [0.25, 0.3) is 0 Å². The largest absolute Gasteiger partial charge is 0.357 e. The number of carbonyl (C=O) groups excluding carboxylic acids is 2. The molecule has 1 atom stereocenters. The highest BCUT2D eigenvalue weighted by molar-refractivity contribution is 7.92. The molecule has 2 amide bonds. The SMILES string of the molecule is CNC(=O)[C@@H](Cc1ccccc1)N(Cc1ccccc1C)C(=O)CN(c1ccc(Cl)cc1Cl)S(C)(=O)=O. The van der Waals surface area contributed by atoms with E-state index in [1.165, 1.54) is 30.1 Å². The van der Waals surface area contributed by atoms with E-state index in [9.17, 15) is 18.0 Å². The molecule has 0 bridgehead atoms. The van der Waals surface area contributed by atoms with Crippen LogP contribution in [-0.4, -0.2) is 51.0 Å². The van der Waals surface area contributed by atoms with Gasteiger partial charge in [-0.05, 0) is 41.8 Å². The van der Waals surface area contributed by atoms with Crippen molar-refractivity contribution in [2.24, 2.45) is 0 Å². The van der Waals surface area contributed by atoms with Gasteiger partial charge in [-0.1, -0.05) is 77.8 Å². The Kier molecular flexibility index (Phi) is 9.59. The fraction of sp³-hybridized carbons (Fsp3) is 0.259. The molecule has 1 N–H and O–H groups in total. The minimum Gasteiger partial charge on any atom is -0.357 e. The lowest BCUT2D eigenvalue weighted by molar-refractivity contribution is -0.139. The third kappa shape index (κ3) is 7.47. The fourth-order valence-electron chi connectivity index (χ4n) is 3.97. The molecule has 3 aromatic carbocycles. The maximum absolute atomic E-state index is 13.9. The number of rotatable bonds is 10. The van der Waals surface area contributed by atoms with Gasteiger partial charge in [-0.25, -0.2) is 8.42 Å². The number of aryl methyl sites for hydroxylation is 1. The number of hydrogen-bond acceptors (Lipinski definition) is 4. The standard InChI is InChI=1S/C27H29Cl2N3O4S/c1-19-9-7-8-12-21(19)17-31(25(27(34)30-2)15-20-10-5-4-6-11-20)26(33)18-32(37(3,35)36)24-14-13-22(28)16-23(24)29/h4-14,16,25H,15,17-18H2,1-3H3,(H,30,34)/t25-/m1/s1. The van der Waals surface area contributed by atoms with Gasteiger partial charge in [-0.2, -0.15) is 0 Å². The van der Waals surface area contributed by atoms with E-state index >= 15 is 0 Å². The van der Waals surface area contributed by atoms with Crippen LogP contribution in [0.5, 0.6) is 0 Å². The normalized spacial score (nSPS) is 12.0. The van der Waals surface area contributed by atoms with Crippen LogP contribution >= 0.6 is 23.2 Å². The second-order valence-electron chi connectivity index (χ2n) is 8.63. The molecule has 0 aliphatic heterocycles. The summed E-state index contributed by atoms with van der Waals surface area (Å²) >= 11 is 12.3. The molecule has 10 heteroatoms. The number of halogens is 2. The highest BCUT2D eigenvalue weighted by atomic mass is 35.5. The van der Waals surface area contributed by atoms with E-state index in [4.69, 9.17) is 23.2 Å². The number of anilines is 1.